The minimum absolute atomic E-state index is 0.0231. The highest BCUT2D eigenvalue weighted by molar-refractivity contribution is 5.92. The fraction of sp³-hybridized carbons (Fsp3) is 0.500. The van der Waals surface area contributed by atoms with Crippen LogP contribution in [0.4, 0.5) is 5.69 Å². The topological polar surface area (TPSA) is 75.4 Å². The zero-order valence-electron chi connectivity index (χ0n) is 12.6. The second kappa shape index (κ2) is 6.72. The van der Waals surface area contributed by atoms with Crippen molar-refractivity contribution >= 4 is 17.5 Å². The maximum Gasteiger partial charge on any atom is 0.227 e. The van der Waals surface area contributed by atoms with Crippen molar-refractivity contribution in [1.82, 2.24) is 4.90 Å². The molecule has 0 saturated heterocycles. The number of nitrogens with one attached hydrogen (secondary N) is 1. The molecule has 1 aromatic rings. The van der Waals surface area contributed by atoms with Gasteiger partial charge >= 0.3 is 0 Å². The van der Waals surface area contributed by atoms with Crippen molar-refractivity contribution in [2.45, 2.75) is 31.7 Å². The largest absolute Gasteiger partial charge is 0.349 e. The number of carbonyl (C=O) groups is 2. The molecule has 2 amide bonds. The average molecular weight is 289 g/mol. The quantitative estimate of drug-likeness (QED) is 0.879. The van der Waals surface area contributed by atoms with Crippen molar-refractivity contribution < 1.29 is 9.59 Å². The fourth-order valence-corrected chi connectivity index (χ4v) is 2.54. The minimum atomic E-state index is 0.0231. The van der Waals surface area contributed by atoms with Crippen LogP contribution in [0.3, 0.4) is 0 Å². The first-order chi connectivity index (χ1) is 9.95. The van der Waals surface area contributed by atoms with E-state index in [9.17, 15) is 9.59 Å². The summed E-state index contributed by atoms with van der Waals surface area (Å²) in [5.74, 6) is 0.127. The molecule has 1 aliphatic rings. The molecule has 1 saturated carbocycles. The van der Waals surface area contributed by atoms with Crippen molar-refractivity contribution in [1.29, 1.82) is 0 Å². The molecular formula is C16H23N3O2. The molecule has 2 rings (SSSR count). The Morgan fingerprint density at radius 1 is 1.24 bits per heavy atom. The second-order valence-corrected chi connectivity index (χ2v) is 5.92. The van der Waals surface area contributed by atoms with Gasteiger partial charge in [0.15, 0.2) is 0 Å². The summed E-state index contributed by atoms with van der Waals surface area (Å²) >= 11 is 0. The third kappa shape index (κ3) is 4.29. The molecular weight excluding hydrogens is 266 g/mol. The van der Waals surface area contributed by atoms with E-state index in [0.29, 0.717) is 6.42 Å². The molecule has 0 radical (unpaired) electrons. The number of rotatable bonds is 4. The number of amides is 2. The van der Waals surface area contributed by atoms with Crippen LogP contribution in [0.15, 0.2) is 24.3 Å². The number of benzene rings is 1. The van der Waals surface area contributed by atoms with Gasteiger partial charge in [-0.1, -0.05) is 12.1 Å². The maximum atomic E-state index is 12.1. The minimum Gasteiger partial charge on any atom is -0.349 e. The average Bonchev–Trinajstić information content (AvgIpc) is 2.87. The zero-order valence-corrected chi connectivity index (χ0v) is 12.6. The Labute approximate surface area is 125 Å². The van der Waals surface area contributed by atoms with Gasteiger partial charge in [-0.05, 0) is 37.0 Å². The lowest BCUT2D eigenvalue weighted by Gasteiger charge is -2.12. The molecule has 2 atom stereocenters. The van der Waals surface area contributed by atoms with Crippen LogP contribution in [0, 0.1) is 5.92 Å². The third-order valence-corrected chi connectivity index (χ3v) is 3.92. The lowest BCUT2D eigenvalue weighted by molar-refractivity contribution is -0.128. The molecule has 0 aliphatic heterocycles. The SMILES string of the molecule is CN(C)C(=O)Cc1ccc(NC(=O)C2CCC(N)C2)cc1. The number of hydrogen-bond donors (Lipinski definition) is 2. The summed E-state index contributed by atoms with van der Waals surface area (Å²) in [4.78, 5) is 25.3. The third-order valence-electron chi connectivity index (χ3n) is 3.92. The van der Waals surface area contributed by atoms with Gasteiger partial charge in [-0.2, -0.15) is 0 Å². The van der Waals surface area contributed by atoms with Crippen molar-refractivity contribution in [3.8, 4) is 0 Å². The molecule has 1 aliphatic carbocycles. The summed E-state index contributed by atoms with van der Waals surface area (Å²) in [6.45, 7) is 0. The van der Waals surface area contributed by atoms with Crippen LogP contribution in [0.2, 0.25) is 0 Å². The Hall–Kier alpha value is -1.88. The number of hydrogen-bond acceptors (Lipinski definition) is 3. The molecule has 0 aromatic heterocycles. The van der Waals surface area contributed by atoms with Crippen molar-refractivity contribution in [2.24, 2.45) is 11.7 Å². The Balaban J connectivity index is 1.90. The van der Waals surface area contributed by atoms with Crippen LogP contribution in [-0.4, -0.2) is 36.9 Å². The van der Waals surface area contributed by atoms with Crippen molar-refractivity contribution in [3.05, 3.63) is 29.8 Å². The highest BCUT2D eigenvalue weighted by Crippen LogP contribution is 2.25. The standard InChI is InChI=1S/C16H23N3O2/c1-19(2)15(20)9-11-3-7-14(8-4-11)18-16(21)12-5-6-13(17)10-12/h3-4,7-8,12-13H,5-6,9-10,17H2,1-2H3,(H,18,21). The number of carbonyl (C=O) groups excluding carboxylic acids is 2. The Bertz CT molecular complexity index is 511. The fourth-order valence-electron chi connectivity index (χ4n) is 2.54. The maximum absolute atomic E-state index is 12.1. The van der Waals surface area contributed by atoms with Crippen LogP contribution in [-0.2, 0) is 16.0 Å². The molecule has 5 heteroatoms. The van der Waals surface area contributed by atoms with Gasteiger partial charge in [-0.15, -0.1) is 0 Å². The summed E-state index contributed by atoms with van der Waals surface area (Å²) in [5.41, 5.74) is 7.54. The van der Waals surface area contributed by atoms with Crippen LogP contribution < -0.4 is 11.1 Å². The van der Waals surface area contributed by atoms with Crippen molar-refractivity contribution in [3.63, 3.8) is 0 Å². The first-order valence-electron chi connectivity index (χ1n) is 7.31. The Morgan fingerprint density at radius 3 is 2.43 bits per heavy atom. The van der Waals surface area contributed by atoms with Crippen LogP contribution in [0.25, 0.3) is 0 Å². The Morgan fingerprint density at radius 2 is 1.90 bits per heavy atom. The van der Waals surface area contributed by atoms with E-state index >= 15 is 0 Å². The molecule has 21 heavy (non-hydrogen) atoms. The molecule has 0 bridgehead atoms. The second-order valence-electron chi connectivity index (χ2n) is 5.92. The summed E-state index contributed by atoms with van der Waals surface area (Å²) in [6, 6.07) is 7.57. The van der Waals surface area contributed by atoms with E-state index in [2.05, 4.69) is 5.32 Å². The van der Waals surface area contributed by atoms with Crippen LogP contribution in [0.1, 0.15) is 24.8 Å². The number of nitrogens with zero attached hydrogens (tertiary/aromatic N) is 1. The molecule has 3 N–H and O–H groups in total. The van der Waals surface area contributed by atoms with E-state index in [1.165, 1.54) is 0 Å². The number of likely N-dealkylation sites (N-methyl/N-ethyl adjacent to an activating group) is 1. The van der Waals surface area contributed by atoms with Crippen molar-refractivity contribution in [2.75, 3.05) is 19.4 Å². The molecule has 114 valence electrons. The molecule has 5 nitrogen and oxygen atoms in total. The Kier molecular flexibility index (Phi) is 4.96. The van der Waals surface area contributed by atoms with E-state index in [-0.39, 0.29) is 23.8 Å². The number of anilines is 1. The smallest absolute Gasteiger partial charge is 0.227 e. The summed E-state index contributed by atoms with van der Waals surface area (Å²) in [7, 11) is 3.48. The van der Waals surface area contributed by atoms with Crippen LogP contribution >= 0.6 is 0 Å². The van der Waals surface area contributed by atoms with Crippen LogP contribution in [0.5, 0.6) is 0 Å². The van der Waals surface area contributed by atoms with E-state index in [0.717, 1.165) is 30.5 Å². The highest BCUT2D eigenvalue weighted by Gasteiger charge is 2.27. The molecule has 2 unspecified atom stereocenters. The highest BCUT2D eigenvalue weighted by atomic mass is 16.2. The van der Waals surface area contributed by atoms with Gasteiger partial charge in [0.1, 0.15) is 0 Å². The number of nitrogens with two attached hydrogens (primary N) is 1. The van der Waals surface area contributed by atoms with Gasteiger partial charge in [-0.25, -0.2) is 0 Å². The van der Waals surface area contributed by atoms with E-state index in [4.69, 9.17) is 5.73 Å². The first-order valence-corrected chi connectivity index (χ1v) is 7.31. The predicted molar refractivity (Wildman–Crippen MR) is 82.8 cm³/mol. The summed E-state index contributed by atoms with van der Waals surface area (Å²) < 4.78 is 0. The summed E-state index contributed by atoms with van der Waals surface area (Å²) in [6.07, 6.45) is 2.92. The normalized spacial score (nSPS) is 21.1. The van der Waals surface area contributed by atoms with E-state index in [1.54, 1.807) is 19.0 Å². The monoisotopic (exact) mass is 289 g/mol. The molecule has 0 spiro atoms. The van der Waals surface area contributed by atoms with E-state index < -0.39 is 0 Å². The zero-order chi connectivity index (χ0) is 15.4. The van der Waals surface area contributed by atoms with Gasteiger partial charge in [0.2, 0.25) is 11.8 Å². The molecule has 1 fully saturated rings. The van der Waals surface area contributed by atoms with Gasteiger partial charge in [0, 0.05) is 31.7 Å². The molecule has 1 aromatic carbocycles. The lowest BCUT2D eigenvalue weighted by Crippen LogP contribution is -2.24. The van der Waals surface area contributed by atoms with Gasteiger partial charge < -0.3 is 16.0 Å². The summed E-state index contributed by atoms with van der Waals surface area (Å²) in [5, 5.41) is 2.92. The first kappa shape index (κ1) is 15.5. The van der Waals surface area contributed by atoms with Gasteiger partial charge in [0.25, 0.3) is 0 Å². The van der Waals surface area contributed by atoms with Gasteiger partial charge in [-0.3, -0.25) is 9.59 Å². The molecule has 0 heterocycles. The lowest BCUT2D eigenvalue weighted by atomic mass is 10.1. The predicted octanol–water partition coefficient (Wildman–Crippen LogP) is 1.38. The van der Waals surface area contributed by atoms with Gasteiger partial charge in [0.05, 0.1) is 6.42 Å². The van der Waals surface area contributed by atoms with E-state index in [1.807, 2.05) is 24.3 Å².